The molecule has 0 aromatic heterocycles. The number of carbonyl (C=O) groups is 3. The number of ether oxygens (including phenoxy) is 1. The summed E-state index contributed by atoms with van der Waals surface area (Å²) in [7, 11) is 1.21. The molecule has 2 amide bonds. The van der Waals surface area contributed by atoms with Crippen molar-refractivity contribution in [1.29, 1.82) is 0 Å². The van der Waals surface area contributed by atoms with Crippen LogP contribution in [-0.4, -0.2) is 42.3 Å². The molecule has 0 heterocycles. The van der Waals surface area contributed by atoms with E-state index in [0.29, 0.717) is 0 Å². The Bertz CT molecular complexity index is 279. The highest BCUT2D eigenvalue weighted by atomic mass is 16.5. The number of esters is 1. The van der Waals surface area contributed by atoms with Gasteiger partial charge < -0.3 is 20.5 Å². The topological polar surface area (TPSA) is 105 Å². The van der Waals surface area contributed by atoms with Gasteiger partial charge >= 0.3 is 18.0 Å². The van der Waals surface area contributed by atoms with Crippen molar-refractivity contribution in [2.45, 2.75) is 32.4 Å². The van der Waals surface area contributed by atoms with Gasteiger partial charge in [-0.1, -0.05) is 0 Å². The SMILES string of the molecule is COC(=O)C(C)NC(=O)NC(C)CC(=O)O. The van der Waals surface area contributed by atoms with E-state index in [9.17, 15) is 14.4 Å². The van der Waals surface area contributed by atoms with Crippen molar-refractivity contribution in [2.75, 3.05) is 7.11 Å². The lowest BCUT2D eigenvalue weighted by atomic mass is 10.2. The van der Waals surface area contributed by atoms with Crippen LogP contribution in [0, 0.1) is 0 Å². The number of aliphatic carboxylic acids is 1. The number of methoxy groups -OCH3 is 1. The minimum atomic E-state index is -1.01. The van der Waals surface area contributed by atoms with Gasteiger partial charge in [0.25, 0.3) is 0 Å². The Labute approximate surface area is 93.2 Å². The number of urea groups is 1. The molecule has 0 aliphatic heterocycles. The number of nitrogens with one attached hydrogen (secondary N) is 2. The maximum atomic E-state index is 11.2. The predicted octanol–water partition coefficient (Wildman–Crippen LogP) is -0.290. The molecule has 0 saturated carbocycles. The third-order valence-electron chi connectivity index (χ3n) is 1.76. The maximum absolute atomic E-state index is 11.2. The van der Waals surface area contributed by atoms with Gasteiger partial charge in [0.05, 0.1) is 13.5 Å². The number of carboxylic acid groups (broad SMARTS) is 1. The van der Waals surface area contributed by atoms with Crippen LogP contribution in [0.1, 0.15) is 20.3 Å². The van der Waals surface area contributed by atoms with Crippen molar-refractivity contribution >= 4 is 18.0 Å². The molecule has 0 aliphatic carbocycles. The third-order valence-corrected chi connectivity index (χ3v) is 1.76. The Hall–Kier alpha value is -1.79. The van der Waals surface area contributed by atoms with E-state index in [-0.39, 0.29) is 6.42 Å². The molecule has 0 radical (unpaired) electrons. The zero-order chi connectivity index (χ0) is 12.7. The van der Waals surface area contributed by atoms with E-state index >= 15 is 0 Å². The van der Waals surface area contributed by atoms with Crippen LogP contribution in [0.25, 0.3) is 0 Å². The Morgan fingerprint density at radius 2 is 1.81 bits per heavy atom. The van der Waals surface area contributed by atoms with Crippen LogP contribution in [-0.2, 0) is 14.3 Å². The summed E-state index contributed by atoms with van der Waals surface area (Å²) in [6.45, 7) is 3.02. The lowest BCUT2D eigenvalue weighted by molar-refractivity contribution is -0.142. The fourth-order valence-electron chi connectivity index (χ4n) is 1.01. The van der Waals surface area contributed by atoms with E-state index in [4.69, 9.17) is 5.11 Å². The lowest BCUT2D eigenvalue weighted by Crippen LogP contribution is -2.47. The van der Waals surface area contributed by atoms with E-state index in [1.54, 1.807) is 6.92 Å². The Kier molecular flexibility index (Phi) is 5.91. The van der Waals surface area contributed by atoms with Gasteiger partial charge in [-0.15, -0.1) is 0 Å². The van der Waals surface area contributed by atoms with Crippen LogP contribution >= 0.6 is 0 Å². The van der Waals surface area contributed by atoms with Crippen molar-refractivity contribution in [3.63, 3.8) is 0 Å². The van der Waals surface area contributed by atoms with Crippen LogP contribution in [0.2, 0.25) is 0 Å². The van der Waals surface area contributed by atoms with Gasteiger partial charge in [0, 0.05) is 6.04 Å². The van der Waals surface area contributed by atoms with E-state index in [0.717, 1.165) is 0 Å². The second kappa shape index (κ2) is 6.65. The van der Waals surface area contributed by atoms with Crippen LogP contribution in [0.15, 0.2) is 0 Å². The highest BCUT2D eigenvalue weighted by Crippen LogP contribution is 1.91. The molecular weight excluding hydrogens is 216 g/mol. The van der Waals surface area contributed by atoms with Gasteiger partial charge in [-0.3, -0.25) is 4.79 Å². The molecule has 7 nitrogen and oxygen atoms in total. The first-order chi connectivity index (χ1) is 7.36. The van der Waals surface area contributed by atoms with Crippen molar-refractivity contribution in [2.24, 2.45) is 0 Å². The number of amides is 2. The summed E-state index contributed by atoms with van der Waals surface area (Å²) in [4.78, 5) is 32.5. The summed E-state index contributed by atoms with van der Waals surface area (Å²) in [6, 6.07) is -1.89. The van der Waals surface area contributed by atoms with E-state index < -0.39 is 30.1 Å². The molecule has 2 atom stereocenters. The fourth-order valence-corrected chi connectivity index (χ4v) is 1.01. The molecule has 16 heavy (non-hydrogen) atoms. The number of carboxylic acids is 1. The number of carbonyl (C=O) groups excluding carboxylic acids is 2. The monoisotopic (exact) mass is 232 g/mol. The van der Waals surface area contributed by atoms with Crippen molar-refractivity contribution < 1.29 is 24.2 Å². The van der Waals surface area contributed by atoms with Gasteiger partial charge in [0.1, 0.15) is 6.04 Å². The van der Waals surface area contributed by atoms with E-state index in [1.165, 1.54) is 14.0 Å². The molecule has 0 rings (SSSR count). The molecule has 0 aromatic rings. The second-order valence-corrected chi connectivity index (χ2v) is 3.36. The molecule has 0 saturated heterocycles. The molecule has 3 N–H and O–H groups in total. The summed E-state index contributed by atoms with van der Waals surface area (Å²) in [5, 5.41) is 13.2. The standard InChI is InChI=1S/C9H16N2O5/c1-5(4-7(12)13)10-9(15)11-6(2)8(14)16-3/h5-6H,4H2,1-3H3,(H,12,13)(H2,10,11,15). The van der Waals surface area contributed by atoms with Gasteiger partial charge in [-0.2, -0.15) is 0 Å². The lowest BCUT2D eigenvalue weighted by Gasteiger charge is -2.15. The average Bonchev–Trinajstić information content (AvgIpc) is 2.14. The summed E-state index contributed by atoms with van der Waals surface area (Å²) in [6.07, 6.45) is -0.181. The molecule has 0 spiro atoms. The molecule has 92 valence electrons. The molecule has 0 bridgehead atoms. The quantitative estimate of drug-likeness (QED) is 0.565. The first-order valence-corrected chi connectivity index (χ1v) is 4.73. The molecular formula is C9H16N2O5. The summed E-state index contributed by atoms with van der Waals surface area (Å²) in [5.41, 5.74) is 0. The van der Waals surface area contributed by atoms with Crippen LogP contribution in [0.4, 0.5) is 4.79 Å². The number of hydrogen-bond donors (Lipinski definition) is 3. The first kappa shape index (κ1) is 14.2. The molecule has 7 heteroatoms. The number of rotatable bonds is 5. The minimum Gasteiger partial charge on any atom is -0.481 e. The number of hydrogen-bond acceptors (Lipinski definition) is 4. The molecule has 2 unspecified atom stereocenters. The molecule has 0 fully saturated rings. The molecule has 0 aromatic carbocycles. The Morgan fingerprint density at radius 3 is 2.25 bits per heavy atom. The van der Waals surface area contributed by atoms with Gasteiger partial charge in [-0.05, 0) is 13.8 Å². The van der Waals surface area contributed by atoms with E-state index in [2.05, 4.69) is 15.4 Å². The third kappa shape index (κ3) is 5.84. The first-order valence-electron chi connectivity index (χ1n) is 4.73. The minimum absolute atomic E-state index is 0.181. The average molecular weight is 232 g/mol. The summed E-state index contributed by atoms with van der Waals surface area (Å²) in [5.74, 6) is -1.57. The fraction of sp³-hybridized carbons (Fsp3) is 0.667. The maximum Gasteiger partial charge on any atom is 0.328 e. The Balaban J connectivity index is 3.98. The van der Waals surface area contributed by atoms with Crippen molar-refractivity contribution in [3.8, 4) is 0 Å². The normalized spacial score (nSPS) is 13.4. The van der Waals surface area contributed by atoms with Gasteiger partial charge in [0.15, 0.2) is 0 Å². The predicted molar refractivity (Wildman–Crippen MR) is 54.9 cm³/mol. The molecule has 0 aliphatic rings. The Morgan fingerprint density at radius 1 is 1.25 bits per heavy atom. The summed E-state index contributed by atoms with van der Waals surface area (Å²) < 4.78 is 4.41. The van der Waals surface area contributed by atoms with E-state index in [1.807, 2.05) is 0 Å². The van der Waals surface area contributed by atoms with Gasteiger partial charge in [0.2, 0.25) is 0 Å². The van der Waals surface area contributed by atoms with Crippen LogP contribution < -0.4 is 10.6 Å². The van der Waals surface area contributed by atoms with Crippen LogP contribution in [0.3, 0.4) is 0 Å². The smallest absolute Gasteiger partial charge is 0.328 e. The van der Waals surface area contributed by atoms with Crippen LogP contribution in [0.5, 0.6) is 0 Å². The highest BCUT2D eigenvalue weighted by molar-refractivity contribution is 5.83. The van der Waals surface area contributed by atoms with Crippen molar-refractivity contribution in [1.82, 2.24) is 10.6 Å². The van der Waals surface area contributed by atoms with Gasteiger partial charge in [-0.25, -0.2) is 9.59 Å². The second-order valence-electron chi connectivity index (χ2n) is 3.36. The zero-order valence-electron chi connectivity index (χ0n) is 9.44. The largest absolute Gasteiger partial charge is 0.481 e. The zero-order valence-corrected chi connectivity index (χ0v) is 9.44. The highest BCUT2D eigenvalue weighted by Gasteiger charge is 2.17. The summed E-state index contributed by atoms with van der Waals surface area (Å²) >= 11 is 0. The van der Waals surface area contributed by atoms with Crippen molar-refractivity contribution in [3.05, 3.63) is 0 Å².